The van der Waals surface area contributed by atoms with Crippen LogP contribution < -0.4 is 0 Å². The van der Waals surface area contributed by atoms with Crippen LogP contribution in [0.4, 0.5) is 0 Å². The molecule has 0 bridgehead atoms. The average molecular weight is 513 g/mol. The first kappa shape index (κ1) is 26.1. The molecule has 3 saturated carbocycles. The molecule has 1 aliphatic heterocycles. The maximum atomic E-state index is 13.0. The van der Waals surface area contributed by atoms with Crippen LogP contribution in [-0.4, -0.2) is 30.1 Å². The number of furan rings is 1. The molecule has 0 N–H and O–H groups in total. The third-order valence-electron chi connectivity index (χ3n) is 10.8. The zero-order chi connectivity index (χ0) is 27.0. The first-order chi connectivity index (χ1) is 17.2. The number of cyclic esters (lactones) is 1. The Morgan fingerprint density at radius 1 is 0.946 bits per heavy atom. The topological polar surface area (TPSA) is 92.0 Å². The summed E-state index contributed by atoms with van der Waals surface area (Å²) in [5.74, 6) is -0.602. The van der Waals surface area contributed by atoms with Crippen LogP contribution >= 0.6 is 0 Å². The van der Waals surface area contributed by atoms with Gasteiger partial charge in [-0.15, -0.1) is 0 Å². The van der Waals surface area contributed by atoms with Crippen LogP contribution in [0.5, 0.6) is 0 Å². The first-order valence-corrected chi connectivity index (χ1v) is 13.5. The molecule has 1 aromatic heterocycles. The van der Waals surface area contributed by atoms with E-state index in [-0.39, 0.29) is 46.7 Å². The molecule has 7 nitrogen and oxygen atoms in total. The molecule has 37 heavy (non-hydrogen) atoms. The van der Waals surface area contributed by atoms with Crippen molar-refractivity contribution < 1.29 is 33.0 Å². The number of ether oxygens (including phenoxy) is 3. The smallest absolute Gasteiger partial charge is 0.331 e. The highest BCUT2D eigenvalue weighted by Crippen LogP contribution is 2.73. The largest absolute Gasteiger partial charge is 0.472 e. The minimum absolute atomic E-state index is 0.0831. The van der Waals surface area contributed by atoms with Gasteiger partial charge in [0.2, 0.25) is 0 Å². The summed E-state index contributed by atoms with van der Waals surface area (Å²) in [5, 5.41) is 0. The monoisotopic (exact) mass is 512 g/mol. The van der Waals surface area contributed by atoms with Crippen molar-refractivity contribution in [3.05, 3.63) is 35.8 Å². The summed E-state index contributed by atoms with van der Waals surface area (Å²) in [7, 11) is 0. The van der Waals surface area contributed by atoms with Crippen LogP contribution in [0.25, 0.3) is 0 Å². The second-order valence-electron chi connectivity index (χ2n) is 13.1. The van der Waals surface area contributed by atoms with E-state index in [0.717, 1.165) is 36.8 Å². The maximum Gasteiger partial charge on any atom is 0.331 e. The highest BCUT2D eigenvalue weighted by atomic mass is 16.6. The third-order valence-corrected chi connectivity index (χ3v) is 10.8. The first-order valence-electron chi connectivity index (χ1n) is 13.5. The van der Waals surface area contributed by atoms with Crippen molar-refractivity contribution in [2.45, 2.75) is 98.9 Å². The predicted octanol–water partition coefficient (Wildman–Crippen LogP) is 5.94. The van der Waals surface area contributed by atoms with Gasteiger partial charge in [-0.25, -0.2) is 4.79 Å². The zero-order valence-corrected chi connectivity index (χ0v) is 23.1. The number of esters is 3. The van der Waals surface area contributed by atoms with Gasteiger partial charge in [0, 0.05) is 41.7 Å². The molecule has 2 heterocycles. The molecular weight excluding hydrogens is 472 g/mol. The average Bonchev–Trinajstić information content (AvgIpc) is 3.32. The van der Waals surface area contributed by atoms with Crippen LogP contribution in [0.2, 0.25) is 0 Å². The van der Waals surface area contributed by atoms with Crippen LogP contribution in [0.3, 0.4) is 0 Å². The molecule has 3 fully saturated rings. The number of hydrogen-bond acceptors (Lipinski definition) is 7. The number of carbonyl (C=O) groups is 3. The molecule has 7 heteroatoms. The van der Waals surface area contributed by atoms with E-state index >= 15 is 0 Å². The van der Waals surface area contributed by atoms with E-state index in [2.05, 4.69) is 34.6 Å². The maximum absolute atomic E-state index is 13.0. The van der Waals surface area contributed by atoms with Gasteiger partial charge in [-0.05, 0) is 61.0 Å². The van der Waals surface area contributed by atoms with Gasteiger partial charge in [0.25, 0.3) is 0 Å². The number of rotatable bonds is 3. The zero-order valence-electron chi connectivity index (χ0n) is 23.1. The van der Waals surface area contributed by atoms with Crippen LogP contribution in [0, 0.1) is 33.5 Å². The van der Waals surface area contributed by atoms with Gasteiger partial charge in [-0.1, -0.05) is 34.6 Å². The number of carbonyl (C=O) groups excluding carboxylic acids is 3. The summed E-state index contributed by atoms with van der Waals surface area (Å²) in [5.41, 5.74) is 0.489. The Hall–Kier alpha value is -2.57. The van der Waals surface area contributed by atoms with E-state index in [4.69, 9.17) is 18.6 Å². The highest BCUT2D eigenvalue weighted by molar-refractivity contribution is 5.85. The van der Waals surface area contributed by atoms with Crippen molar-refractivity contribution >= 4 is 17.9 Å². The lowest BCUT2D eigenvalue weighted by atomic mass is 9.36. The van der Waals surface area contributed by atoms with Crippen molar-refractivity contribution in [3.8, 4) is 0 Å². The van der Waals surface area contributed by atoms with Gasteiger partial charge in [-0.3, -0.25) is 9.59 Å². The van der Waals surface area contributed by atoms with Gasteiger partial charge in [0.05, 0.1) is 12.5 Å². The van der Waals surface area contributed by atoms with E-state index in [9.17, 15) is 14.4 Å². The molecule has 8 atom stereocenters. The fourth-order valence-corrected chi connectivity index (χ4v) is 9.24. The molecule has 0 aromatic carbocycles. The number of fused-ring (bicyclic) bond motifs is 5. The molecule has 4 aliphatic rings. The quantitative estimate of drug-likeness (QED) is 0.366. The Labute approximate surface area is 219 Å². The minimum Gasteiger partial charge on any atom is -0.472 e. The van der Waals surface area contributed by atoms with Crippen LogP contribution in [0.15, 0.2) is 34.7 Å². The van der Waals surface area contributed by atoms with Gasteiger partial charge in [0.15, 0.2) is 0 Å². The molecule has 1 aromatic rings. The molecule has 4 unspecified atom stereocenters. The molecule has 0 radical (unpaired) electrons. The summed E-state index contributed by atoms with van der Waals surface area (Å²) >= 11 is 0. The molecule has 3 aliphatic carbocycles. The summed E-state index contributed by atoms with van der Waals surface area (Å²) in [6, 6.07) is 1.86. The highest BCUT2D eigenvalue weighted by Gasteiger charge is 2.70. The minimum atomic E-state index is -0.546. The second kappa shape index (κ2) is 8.47. The van der Waals surface area contributed by atoms with Crippen LogP contribution in [-0.2, 0) is 28.6 Å². The Bertz CT molecular complexity index is 1130. The van der Waals surface area contributed by atoms with E-state index in [0.29, 0.717) is 6.42 Å². The Morgan fingerprint density at radius 3 is 2.24 bits per heavy atom. The van der Waals surface area contributed by atoms with E-state index in [1.165, 1.54) is 13.8 Å². The van der Waals surface area contributed by atoms with Crippen molar-refractivity contribution in [2.75, 3.05) is 0 Å². The Morgan fingerprint density at radius 2 is 1.62 bits per heavy atom. The summed E-state index contributed by atoms with van der Waals surface area (Å²) in [4.78, 5) is 37.4. The lowest BCUT2D eigenvalue weighted by Gasteiger charge is -2.69. The van der Waals surface area contributed by atoms with E-state index < -0.39 is 23.0 Å². The standard InChI is InChI=1S/C30H40O7/c1-17(31)35-23-9-12-28(5)20-8-11-29(6)22(15-25(33)37-26(29)19-10-13-34-16-19)30(20,7)24(36-18(2)32)14-21(28)27(23,3)4/h10,13,15-16,20-21,23-24,26H,8-9,11-12,14H2,1-7H3/t20?,21?,23?,24-,26?,28+,29+,30+/m0/s1. The normalized spacial score (nSPS) is 42.3. The number of hydrogen-bond donors (Lipinski definition) is 0. The van der Waals surface area contributed by atoms with Gasteiger partial charge >= 0.3 is 17.9 Å². The van der Waals surface area contributed by atoms with Gasteiger partial charge in [0.1, 0.15) is 18.3 Å². The van der Waals surface area contributed by atoms with Crippen molar-refractivity contribution in [3.63, 3.8) is 0 Å². The van der Waals surface area contributed by atoms with E-state index in [1.807, 2.05) is 6.07 Å². The van der Waals surface area contributed by atoms with Gasteiger partial charge < -0.3 is 18.6 Å². The second-order valence-corrected chi connectivity index (χ2v) is 13.1. The third kappa shape index (κ3) is 3.70. The van der Waals surface area contributed by atoms with E-state index in [1.54, 1.807) is 18.6 Å². The van der Waals surface area contributed by atoms with Crippen LogP contribution in [0.1, 0.15) is 92.2 Å². The molecule has 202 valence electrons. The summed E-state index contributed by atoms with van der Waals surface area (Å²) in [6.45, 7) is 14.0. The molecule has 5 rings (SSSR count). The fourth-order valence-electron chi connectivity index (χ4n) is 9.24. The fraction of sp³-hybridized carbons (Fsp3) is 0.700. The van der Waals surface area contributed by atoms with Crippen molar-refractivity contribution in [1.82, 2.24) is 0 Å². The Kier molecular flexibility index (Phi) is 5.96. The van der Waals surface area contributed by atoms with Crippen molar-refractivity contribution in [2.24, 2.45) is 33.5 Å². The lowest BCUT2D eigenvalue weighted by Crippen LogP contribution is -2.67. The molecular formula is C30H40O7. The predicted molar refractivity (Wildman–Crippen MR) is 135 cm³/mol. The molecule has 0 amide bonds. The molecule has 0 saturated heterocycles. The Balaban J connectivity index is 1.63. The summed E-state index contributed by atoms with van der Waals surface area (Å²) < 4.78 is 23.3. The SMILES string of the molecule is CC(=O)OC1CC[C@@]2(C)C(C[C@H](OC(C)=O)[C@@]3(C)C4=CC(=O)OC(c5ccoc5)[C@]4(C)CCC23)C1(C)C. The molecule has 0 spiro atoms. The lowest BCUT2D eigenvalue weighted by molar-refractivity contribution is -0.230. The van der Waals surface area contributed by atoms with Gasteiger partial charge in [-0.2, -0.15) is 0 Å². The summed E-state index contributed by atoms with van der Waals surface area (Å²) in [6.07, 6.45) is 7.98. The van der Waals surface area contributed by atoms with Crippen molar-refractivity contribution in [1.29, 1.82) is 0 Å².